The van der Waals surface area contributed by atoms with Crippen LogP contribution in [0.25, 0.3) is 10.6 Å². The molecule has 2 heterocycles. The van der Waals surface area contributed by atoms with Gasteiger partial charge in [-0.05, 0) is 30.0 Å². The smallest absolute Gasteiger partial charge is 0.248 e. The lowest BCUT2D eigenvalue weighted by atomic mass is 10.2. The number of hydrogen-bond acceptors (Lipinski definition) is 2. The van der Waals surface area contributed by atoms with E-state index in [4.69, 9.17) is 0 Å². The second-order valence-corrected chi connectivity index (χ2v) is 3.78. The van der Waals surface area contributed by atoms with Crippen LogP contribution in [0.5, 0.6) is 0 Å². The molecule has 2 rings (SSSR count). The Bertz CT molecular complexity index is 470. The topological polar surface area (TPSA) is 32.9 Å². The van der Waals surface area contributed by atoms with Gasteiger partial charge in [0.05, 0.1) is 10.6 Å². The summed E-state index contributed by atoms with van der Waals surface area (Å²) in [5, 5.41) is 2.02. The third-order valence-electron chi connectivity index (χ3n) is 1.88. The summed E-state index contributed by atoms with van der Waals surface area (Å²) in [6, 6.07) is 7.26. The number of thiophene rings is 1. The molecule has 0 fully saturated rings. The van der Waals surface area contributed by atoms with Crippen LogP contribution in [-0.4, -0.2) is 4.98 Å². The summed E-state index contributed by atoms with van der Waals surface area (Å²) in [6.45, 7) is 2.04. The van der Waals surface area contributed by atoms with E-state index in [-0.39, 0.29) is 5.56 Å². The van der Waals surface area contributed by atoms with Crippen molar-refractivity contribution in [1.82, 2.24) is 4.98 Å². The highest BCUT2D eigenvalue weighted by atomic mass is 32.1. The molecule has 0 spiro atoms. The maximum absolute atomic E-state index is 11.0. The lowest BCUT2D eigenvalue weighted by Crippen LogP contribution is -2.03. The average molecular weight is 191 g/mol. The van der Waals surface area contributed by atoms with E-state index >= 15 is 0 Å². The summed E-state index contributed by atoms with van der Waals surface area (Å²) in [5.74, 6) is 0. The van der Waals surface area contributed by atoms with E-state index in [1.807, 2.05) is 24.4 Å². The van der Waals surface area contributed by atoms with Crippen LogP contribution in [0.4, 0.5) is 0 Å². The number of rotatable bonds is 1. The van der Waals surface area contributed by atoms with Gasteiger partial charge >= 0.3 is 0 Å². The highest BCUT2D eigenvalue weighted by Gasteiger charge is 2.02. The zero-order valence-corrected chi connectivity index (χ0v) is 8.02. The SMILES string of the molecule is Cc1ccsc1-c1cccc(=O)[nH]1. The molecule has 2 aromatic rings. The van der Waals surface area contributed by atoms with Crippen LogP contribution in [0.3, 0.4) is 0 Å². The fourth-order valence-corrected chi connectivity index (χ4v) is 2.14. The van der Waals surface area contributed by atoms with Gasteiger partial charge in [-0.25, -0.2) is 0 Å². The van der Waals surface area contributed by atoms with Crippen molar-refractivity contribution in [2.45, 2.75) is 6.92 Å². The zero-order valence-electron chi connectivity index (χ0n) is 7.20. The number of nitrogens with one attached hydrogen (secondary N) is 1. The first-order valence-electron chi connectivity index (χ1n) is 4.01. The van der Waals surface area contributed by atoms with Crippen molar-refractivity contribution in [3.63, 3.8) is 0 Å². The second-order valence-electron chi connectivity index (χ2n) is 2.86. The summed E-state index contributed by atoms with van der Waals surface area (Å²) >= 11 is 1.64. The van der Waals surface area contributed by atoms with E-state index in [1.54, 1.807) is 17.4 Å². The molecule has 3 heteroatoms. The molecule has 0 atom stereocenters. The Balaban J connectivity index is 2.59. The standard InChI is InChI=1S/C10H9NOS/c1-7-5-6-13-10(7)8-3-2-4-9(12)11-8/h2-6H,1H3,(H,11,12). The predicted octanol–water partition coefficient (Wildman–Crippen LogP) is 2.41. The molecule has 0 aliphatic heterocycles. The highest BCUT2D eigenvalue weighted by molar-refractivity contribution is 7.13. The van der Waals surface area contributed by atoms with Gasteiger partial charge in [-0.15, -0.1) is 11.3 Å². The Morgan fingerprint density at radius 3 is 2.77 bits per heavy atom. The number of aromatic amines is 1. The van der Waals surface area contributed by atoms with Gasteiger partial charge in [0.1, 0.15) is 0 Å². The van der Waals surface area contributed by atoms with Gasteiger partial charge in [0.15, 0.2) is 0 Å². The highest BCUT2D eigenvalue weighted by Crippen LogP contribution is 2.25. The zero-order chi connectivity index (χ0) is 9.26. The molecular weight excluding hydrogens is 182 g/mol. The molecule has 0 bridgehead atoms. The molecule has 0 amide bonds. The molecule has 66 valence electrons. The van der Waals surface area contributed by atoms with Crippen LogP contribution in [0, 0.1) is 6.92 Å². The van der Waals surface area contributed by atoms with E-state index in [1.165, 1.54) is 11.6 Å². The summed E-state index contributed by atoms with van der Waals surface area (Å²) in [4.78, 5) is 15.0. The predicted molar refractivity (Wildman–Crippen MR) is 55.1 cm³/mol. The van der Waals surface area contributed by atoms with Gasteiger partial charge in [-0.2, -0.15) is 0 Å². The number of hydrogen-bond donors (Lipinski definition) is 1. The van der Waals surface area contributed by atoms with Crippen LogP contribution in [-0.2, 0) is 0 Å². The molecular formula is C10H9NOS. The summed E-state index contributed by atoms with van der Waals surface area (Å²) in [6.07, 6.45) is 0. The molecule has 0 aromatic carbocycles. The maximum Gasteiger partial charge on any atom is 0.248 e. The Labute approximate surface area is 79.9 Å². The first-order chi connectivity index (χ1) is 6.27. The quantitative estimate of drug-likeness (QED) is 0.737. The minimum atomic E-state index is -0.0506. The lowest BCUT2D eigenvalue weighted by molar-refractivity contribution is 1.24. The number of aryl methyl sites for hydroxylation is 1. The molecule has 0 saturated heterocycles. The minimum Gasteiger partial charge on any atom is -0.321 e. The van der Waals surface area contributed by atoms with Gasteiger partial charge in [0.2, 0.25) is 5.56 Å². The van der Waals surface area contributed by atoms with E-state index in [2.05, 4.69) is 4.98 Å². The van der Waals surface area contributed by atoms with Crippen molar-refractivity contribution in [1.29, 1.82) is 0 Å². The Hall–Kier alpha value is -1.35. The maximum atomic E-state index is 11.0. The fourth-order valence-electron chi connectivity index (χ4n) is 1.23. The Kier molecular flexibility index (Phi) is 2.02. The summed E-state index contributed by atoms with van der Waals surface area (Å²) in [5.41, 5.74) is 2.05. The first-order valence-corrected chi connectivity index (χ1v) is 4.89. The molecule has 13 heavy (non-hydrogen) atoms. The molecule has 2 aromatic heterocycles. The van der Waals surface area contributed by atoms with Gasteiger partial charge in [0.25, 0.3) is 0 Å². The largest absolute Gasteiger partial charge is 0.321 e. The van der Waals surface area contributed by atoms with Crippen LogP contribution in [0.15, 0.2) is 34.4 Å². The number of aromatic nitrogens is 1. The van der Waals surface area contributed by atoms with Crippen molar-refractivity contribution >= 4 is 11.3 Å². The van der Waals surface area contributed by atoms with Crippen LogP contribution in [0.2, 0.25) is 0 Å². The first kappa shape index (κ1) is 8.26. The van der Waals surface area contributed by atoms with Gasteiger partial charge in [-0.3, -0.25) is 4.79 Å². The van der Waals surface area contributed by atoms with Crippen molar-refractivity contribution in [3.8, 4) is 10.6 Å². The fraction of sp³-hybridized carbons (Fsp3) is 0.100. The van der Waals surface area contributed by atoms with Crippen molar-refractivity contribution in [2.24, 2.45) is 0 Å². The number of pyridine rings is 1. The second kappa shape index (κ2) is 3.18. The third-order valence-corrected chi connectivity index (χ3v) is 2.92. The lowest BCUT2D eigenvalue weighted by Gasteiger charge is -1.97. The Morgan fingerprint density at radius 2 is 2.15 bits per heavy atom. The Morgan fingerprint density at radius 1 is 1.31 bits per heavy atom. The van der Waals surface area contributed by atoms with Gasteiger partial charge < -0.3 is 4.98 Å². The summed E-state index contributed by atoms with van der Waals surface area (Å²) in [7, 11) is 0. The van der Waals surface area contributed by atoms with Crippen LogP contribution in [0.1, 0.15) is 5.56 Å². The van der Waals surface area contributed by atoms with Crippen molar-refractivity contribution in [2.75, 3.05) is 0 Å². The minimum absolute atomic E-state index is 0.0506. The molecule has 0 radical (unpaired) electrons. The van der Waals surface area contributed by atoms with E-state index < -0.39 is 0 Å². The summed E-state index contributed by atoms with van der Waals surface area (Å²) < 4.78 is 0. The average Bonchev–Trinajstić information content (AvgIpc) is 2.51. The molecule has 1 N–H and O–H groups in total. The molecule has 0 unspecified atom stereocenters. The monoisotopic (exact) mass is 191 g/mol. The van der Waals surface area contributed by atoms with Gasteiger partial charge in [-0.1, -0.05) is 6.07 Å². The molecule has 2 nitrogen and oxygen atoms in total. The molecule has 0 aliphatic carbocycles. The van der Waals surface area contributed by atoms with Crippen LogP contribution < -0.4 is 5.56 Å². The van der Waals surface area contributed by atoms with E-state index in [0.29, 0.717) is 0 Å². The van der Waals surface area contributed by atoms with E-state index in [0.717, 1.165) is 10.6 Å². The van der Waals surface area contributed by atoms with Crippen molar-refractivity contribution in [3.05, 3.63) is 45.6 Å². The van der Waals surface area contributed by atoms with E-state index in [9.17, 15) is 4.79 Å². The molecule has 0 aliphatic rings. The van der Waals surface area contributed by atoms with Crippen LogP contribution >= 0.6 is 11.3 Å². The van der Waals surface area contributed by atoms with Crippen molar-refractivity contribution < 1.29 is 0 Å². The van der Waals surface area contributed by atoms with Gasteiger partial charge in [0, 0.05) is 6.07 Å². The normalized spacial score (nSPS) is 10.2. The third kappa shape index (κ3) is 1.55. The molecule has 0 saturated carbocycles. The number of H-pyrrole nitrogens is 1.